The molecule has 3 heteroatoms. The van der Waals surface area contributed by atoms with Gasteiger partial charge >= 0.3 is 0 Å². The molecule has 2 N–H and O–H groups in total. The van der Waals surface area contributed by atoms with E-state index in [0.29, 0.717) is 0 Å². The number of nitrogens with one attached hydrogen (secondary N) is 1. The van der Waals surface area contributed by atoms with Gasteiger partial charge in [-0.2, -0.15) is 0 Å². The van der Waals surface area contributed by atoms with Crippen LogP contribution in [0.2, 0.25) is 0 Å². The van der Waals surface area contributed by atoms with Crippen LogP contribution in [0.5, 0.6) is 0 Å². The zero-order chi connectivity index (χ0) is 15.0. The van der Waals surface area contributed by atoms with Gasteiger partial charge in [0.1, 0.15) is 0 Å². The summed E-state index contributed by atoms with van der Waals surface area (Å²) >= 11 is 0. The van der Waals surface area contributed by atoms with E-state index < -0.39 is 0 Å². The molecule has 1 aliphatic rings. The number of hydrogen-bond donors (Lipinski definition) is 2. The topological polar surface area (TPSA) is 35.5 Å². The zero-order valence-electron chi connectivity index (χ0n) is 14.1. The first-order valence-corrected chi connectivity index (χ1v) is 8.57. The molecule has 0 radical (unpaired) electrons. The third kappa shape index (κ3) is 6.11. The largest absolute Gasteiger partial charge is 0.394 e. The van der Waals surface area contributed by atoms with E-state index in [0.717, 1.165) is 44.3 Å². The van der Waals surface area contributed by atoms with Crippen LogP contribution in [0, 0.1) is 5.92 Å². The number of aliphatic hydroxyl groups is 1. The van der Waals surface area contributed by atoms with Gasteiger partial charge in [-0.3, -0.25) is 0 Å². The molecule has 0 saturated heterocycles. The van der Waals surface area contributed by atoms with Crippen molar-refractivity contribution in [2.75, 3.05) is 26.7 Å². The first kappa shape index (κ1) is 17.9. The fourth-order valence-electron chi connectivity index (χ4n) is 3.35. The highest BCUT2D eigenvalue weighted by Crippen LogP contribution is 2.27. The Morgan fingerprint density at radius 1 is 1.35 bits per heavy atom. The fraction of sp³-hybridized carbons (Fsp3) is 1.00. The monoisotopic (exact) mass is 284 g/mol. The predicted molar refractivity (Wildman–Crippen MR) is 87.1 cm³/mol. The quantitative estimate of drug-likeness (QED) is 0.683. The Balaban J connectivity index is 2.27. The molecule has 1 saturated carbocycles. The summed E-state index contributed by atoms with van der Waals surface area (Å²) in [5, 5.41) is 13.1. The van der Waals surface area contributed by atoms with E-state index >= 15 is 0 Å². The van der Waals surface area contributed by atoms with Crippen molar-refractivity contribution >= 4 is 0 Å². The molecule has 1 fully saturated rings. The van der Waals surface area contributed by atoms with Crippen molar-refractivity contribution < 1.29 is 5.11 Å². The Bertz CT molecular complexity index is 259. The summed E-state index contributed by atoms with van der Waals surface area (Å²) < 4.78 is 0. The van der Waals surface area contributed by atoms with Crippen LogP contribution in [0.25, 0.3) is 0 Å². The second-order valence-electron chi connectivity index (χ2n) is 7.16. The van der Waals surface area contributed by atoms with Crippen LogP contribution in [0.3, 0.4) is 0 Å². The molecule has 0 aromatic rings. The van der Waals surface area contributed by atoms with Crippen molar-refractivity contribution in [2.24, 2.45) is 5.92 Å². The van der Waals surface area contributed by atoms with Gasteiger partial charge in [0.2, 0.25) is 0 Å². The van der Waals surface area contributed by atoms with E-state index in [4.69, 9.17) is 0 Å². The average molecular weight is 284 g/mol. The Morgan fingerprint density at radius 3 is 2.70 bits per heavy atom. The van der Waals surface area contributed by atoms with Crippen LogP contribution < -0.4 is 5.32 Å². The van der Waals surface area contributed by atoms with Crippen LogP contribution in [0.1, 0.15) is 65.7 Å². The molecule has 0 heterocycles. The fourth-order valence-corrected chi connectivity index (χ4v) is 3.35. The zero-order valence-corrected chi connectivity index (χ0v) is 14.1. The Hall–Kier alpha value is -0.120. The maximum absolute atomic E-state index is 9.58. The molecule has 0 aromatic carbocycles. The third-order valence-electron chi connectivity index (χ3n) is 4.92. The summed E-state index contributed by atoms with van der Waals surface area (Å²) in [6.07, 6.45) is 8.87. The molecule has 0 bridgehead atoms. The highest BCUT2D eigenvalue weighted by atomic mass is 16.3. The van der Waals surface area contributed by atoms with Crippen molar-refractivity contribution in [2.45, 2.75) is 77.3 Å². The van der Waals surface area contributed by atoms with Gasteiger partial charge in [0.05, 0.1) is 6.61 Å². The molecule has 3 nitrogen and oxygen atoms in total. The van der Waals surface area contributed by atoms with Crippen molar-refractivity contribution in [3.05, 3.63) is 0 Å². The molecule has 0 aliphatic heterocycles. The third-order valence-corrected chi connectivity index (χ3v) is 4.92. The molecular formula is C17H36N2O. The Kier molecular flexibility index (Phi) is 8.08. The highest BCUT2D eigenvalue weighted by molar-refractivity contribution is 4.83. The first-order valence-electron chi connectivity index (χ1n) is 8.57. The van der Waals surface area contributed by atoms with Crippen LogP contribution in [-0.2, 0) is 0 Å². The second kappa shape index (κ2) is 9.01. The van der Waals surface area contributed by atoms with E-state index in [9.17, 15) is 5.11 Å². The SMILES string of the molecule is CCCNC(C)(CO)CCCN(C)C1CCCC(C)C1. The summed E-state index contributed by atoms with van der Waals surface area (Å²) in [6.45, 7) is 9.08. The maximum Gasteiger partial charge on any atom is 0.0610 e. The Morgan fingerprint density at radius 2 is 2.10 bits per heavy atom. The predicted octanol–water partition coefficient (Wildman–Crippen LogP) is 3.03. The van der Waals surface area contributed by atoms with Gasteiger partial charge in [-0.05, 0) is 65.1 Å². The van der Waals surface area contributed by atoms with E-state index in [-0.39, 0.29) is 12.1 Å². The first-order chi connectivity index (χ1) is 9.50. The second-order valence-corrected chi connectivity index (χ2v) is 7.16. The number of hydrogen-bond acceptors (Lipinski definition) is 3. The van der Waals surface area contributed by atoms with Crippen molar-refractivity contribution in [1.82, 2.24) is 10.2 Å². The molecular weight excluding hydrogens is 248 g/mol. The minimum Gasteiger partial charge on any atom is -0.394 e. The van der Waals surface area contributed by atoms with Crippen LogP contribution in [-0.4, -0.2) is 48.3 Å². The van der Waals surface area contributed by atoms with Crippen molar-refractivity contribution in [3.63, 3.8) is 0 Å². The standard InChI is InChI=1S/C17H36N2O/c1-5-11-18-17(3,14-20)10-7-12-19(4)16-9-6-8-15(2)13-16/h15-16,18,20H,5-14H2,1-4H3. The Labute approximate surface area is 126 Å². The maximum atomic E-state index is 9.58. The van der Waals surface area contributed by atoms with Crippen LogP contribution in [0.4, 0.5) is 0 Å². The molecule has 3 atom stereocenters. The molecule has 3 unspecified atom stereocenters. The van der Waals surface area contributed by atoms with Crippen LogP contribution in [0.15, 0.2) is 0 Å². The van der Waals surface area contributed by atoms with Gasteiger partial charge in [0.15, 0.2) is 0 Å². The summed E-state index contributed by atoms with van der Waals surface area (Å²) in [7, 11) is 2.28. The van der Waals surface area contributed by atoms with Gasteiger partial charge in [-0.25, -0.2) is 0 Å². The van der Waals surface area contributed by atoms with Gasteiger partial charge in [0.25, 0.3) is 0 Å². The molecule has 1 aliphatic carbocycles. The lowest BCUT2D eigenvalue weighted by molar-refractivity contribution is 0.138. The number of rotatable bonds is 9. The van der Waals surface area contributed by atoms with Gasteiger partial charge in [0, 0.05) is 11.6 Å². The van der Waals surface area contributed by atoms with Gasteiger partial charge in [-0.1, -0.05) is 26.7 Å². The number of nitrogens with zero attached hydrogens (tertiary/aromatic N) is 1. The summed E-state index contributed by atoms with van der Waals surface area (Å²) in [5.41, 5.74) is -0.100. The molecule has 20 heavy (non-hydrogen) atoms. The van der Waals surface area contributed by atoms with E-state index in [1.54, 1.807) is 0 Å². The lowest BCUT2D eigenvalue weighted by Gasteiger charge is -2.35. The van der Waals surface area contributed by atoms with E-state index in [2.05, 4.69) is 38.0 Å². The summed E-state index contributed by atoms with van der Waals surface area (Å²) in [5.74, 6) is 0.894. The minimum absolute atomic E-state index is 0.100. The number of aliphatic hydroxyl groups excluding tert-OH is 1. The molecule has 0 amide bonds. The molecule has 0 spiro atoms. The van der Waals surface area contributed by atoms with E-state index in [1.165, 1.54) is 25.7 Å². The van der Waals surface area contributed by atoms with E-state index in [1.807, 2.05) is 0 Å². The summed E-state index contributed by atoms with van der Waals surface area (Å²) in [4.78, 5) is 2.55. The summed E-state index contributed by atoms with van der Waals surface area (Å²) in [6, 6.07) is 0.780. The average Bonchev–Trinajstić information content (AvgIpc) is 2.45. The van der Waals surface area contributed by atoms with Crippen molar-refractivity contribution in [1.29, 1.82) is 0 Å². The normalized spacial score (nSPS) is 26.7. The van der Waals surface area contributed by atoms with Gasteiger partial charge in [-0.15, -0.1) is 0 Å². The van der Waals surface area contributed by atoms with Crippen molar-refractivity contribution in [3.8, 4) is 0 Å². The molecule has 120 valence electrons. The lowest BCUT2D eigenvalue weighted by Crippen LogP contribution is -2.46. The van der Waals surface area contributed by atoms with Gasteiger partial charge < -0.3 is 15.3 Å². The highest BCUT2D eigenvalue weighted by Gasteiger charge is 2.24. The smallest absolute Gasteiger partial charge is 0.0610 e. The molecule has 0 aromatic heterocycles. The minimum atomic E-state index is -0.100. The molecule has 1 rings (SSSR count). The van der Waals surface area contributed by atoms with Crippen LogP contribution >= 0.6 is 0 Å². The lowest BCUT2D eigenvalue weighted by atomic mass is 9.86.